The SMILES string of the molecule is COC(=O)C1(C)CC(C)(C)CN1c1nc(N2CCOCC2)cc(N(c2ccn[nH]2)C2CC2)n1. The van der Waals surface area contributed by atoms with Gasteiger partial charge in [0.25, 0.3) is 0 Å². The van der Waals surface area contributed by atoms with E-state index in [1.807, 2.05) is 24.0 Å². The van der Waals surface area contributed by atoms with E-state index in [1.165, 1.54) is 7.11 Å². The number of H-pyrrole nitrogens is 1. The van der Waals surface area contributed by atoms with Crippen LogP contribution in [0.4, 0.5) is 23.4 Å². The summed E-state index contributed by atoms with van der Waals surface area (Å²) >= 11 is 0. The molecule has 1 unspecified atom stereocenters. The van der Waals surface area contributed by atoms with Gasteiger partial charge in [0.2, 0.25) is 5.95 Å². The van der Waals surface area contributed by atoms with Crippen molar-refractivity contribution in [3.63, 3.8) is 0 Å². The fraction of sp³-hybridized carbons (Fsp3) is 0.652. The van der Waals surface area contributed by atoms with Gasteiger partial charge in [-0.1, -0.05) is 13.8 Å². The van der Waals surface area contributed by atoms with E-state index in [-0.39, 0.29) is 11.4 Å². The molecule has 2 aliphatic heterocycles. The van der Waals surface area contributed by atoms with Gasteiger partial charge in [-0.05, 0) is 31.6 Å². The van der Waals surface area contributed by atoms with Gasteiger partial charge in [0.1, 0.15) is 23.0 Å². The third-order valence-corrected chi connectivity index (χ3v) is 6.80. The van der Waals surface area contributed by atoms with E-state index in [1.54, 1.807) is 6.20 Å². The van der Waals surface area contributed by atoms with Crippen LogP contribution >= 0.6 is 0 Å². The van der Waals surface area contributed by atoms with Crippen LogP contribution in [0, 0.1) is 5.41 Å². The molecule has 178 valence electrons. The number of hydrogen-bond acceptors (Lipinski definition) is 9. The molecule has 2 aromatic heterocycles. The molecule has 1 N–H and O–H groups in total. The van der Waals surface area contributed by atoms with Gasteiger partial charge in [0.05, 0.1) is 26.5 Å². The lowest BCUT2D eigenvalue weighted by atomic mass is 9.85. The van der Waals surface area contributed by atoms with Crippen molar-refractivity contribution in [2.45, 2.75) is 51.6 Å². The molecular formula is C23H33N7O3. The summed E-state index contributed by atoms with van der Waals surface area (Å²) < 4.78 is 10.8. The third-order valence-electron chi connectivity index (χ3n) is 6.80. The number of anilines is 4. The van der Waals surface area contributed by atoms with E-state index < -0.39 is 5.54 Å². The van der Waals surface area contributed by atoms with Crippen LogP contribution < -0.4 is 14.7 Å². The molecule has 0 radical (unpaired) electrons. The van der Waals surface area contributed by atoms with Gasteiger partial charge in [0, 0.05) is 37.8 Å². The number of carbonyl (C=O) groups is 1. The molecule has 0 bridgehead atoms. The lowest BCUT2D eigenvalue weighted by Gasteiger charge is -2.35. The summed E-state index contributed by atoms with van der Waals surface area (Å²) in [6.07, 6.45) is 4.62. The monoisotopic (exact) mass is 455 g/mol. The molecule has 1 atom stereocenters. The van der Waals surface area contributed by atoms with Gasteiger partial charge in [-0.3, -0.25) is 5.10 Å². The number of carbonyl (C=O) groups excluding carboxylic acids is 1. The number of methoxy groups -OCH3 is 1. The van der Waals surface area contributed by atoms with Crippen LogP contribution in [0.15, 0.2) is 18.3 Å². The van der Waals surface area contributed by atoms with Crippen molar-refractivity contribution in [2.75, 3.05) is 54.7 Å². The van der Waals surface area contributed by atoms with E-state index in [2.05, 4.69) is 33.8 Å². The maximum atomic E-state index is 12.9. The molecular weight excluding hydrogens is 422 g/mol. The number of rotatable bonds is 6. The number of nitrogens with one attached hydrogen (secondary N) is 1. The first-order chi connectivity index (χ1) is 15.8. The number of aromatic nitrogens is 4. The number of hydrogen-bond donors (Lipinski definition) is 1. The maximum Gasteiger partial charge on any atom is 0.331 e. The topological polar surface area (TPSA) is 99.7 Å². The summed E-state index contributed by atoms with van der Waals surface area (Å²) in [5.41, 5.74) is -0.918. The Balaban J connectivity index is 1.62. The van der Waals surface area contributed by atoms with Crippen LogP contribution in [0.5, 0.6) is 0 Å². The zero-order valence-electron chi connectivity index (χ0n) is 19.9. The Labute approximate surface area is 194 Å². The molecule has 0 spiro atoms. The first kappa shape index (κ1) is 21.9. The van der Waals surface area contributed by atoms with E-state index >= 15 is 0 Å². The minimum atomic E-state index is -0.836. The van der Waals surface area contributed by atoms with Crippen molar-refractivity contribution >= 4 is 29.4 Å². The molecule has 10 heteroatoms. The van der Waals surface area contributed by atoms with Gasteiger partial charge in [-0.2, -0.15) is 15.1 Å². The molecule has 0 amide bonds. The summed E-state index contributed by atoms with van der Waals surface area (Å²) in [5, 5.41) is 7.25. The fourth-order valence-corrected chi connectivity index (χ4v) is 5.21. The van der Waals surface area contributed by atoms with Gasteiger partial charge >= 0.3 is 5.97 Å². The number of aromatic amines is 1. The molecule has 0 aromatic carbocycles. The molecule has 10 nitrogen and oxygen atoms in total. The van der Waals surface area contributed by atoms with Crippen molar-refractivity contribution < 1.29 is 14.3 Å². The Morgan fingerprint density at radius 1 is 1.24 bits per heavy atom. The van der Waals surface area contributed by atoms with Crippen LogP contribution in [0.2, 0.25) is 0 Å². The molecule has 1 saturated carbocycles. The highest BCUT2D eigenvalue weighted by molar-refractivity contribution is 5.85. The predicted molar refractivity (Wildman–Crippen MR) is 125 cm³/mol. The minimum absolute atomic E-state index is 0.0824. The summed E-state index contributed by atoms with van der Waals surface area (Å²) in [5.74, 6) is 2.86. The largest absolute Gasteiger partial charge is 0.467 e. The molecule has 4 heterocycles. The van der Waals surface area contributed by atoms with Crippen LogP contribution in [0.1, 0.15) is 40.0 Å². The van der Waals surface area contributed by atoms with Crippen LogP contribution in [0.25, 0.3) is 0 Å². The summed E-state index contributed by atoms with van der Waals surface area (Å²) in [4.78, 5) is 29.4. The van der Waals surface area contributed by atoms with Gasteiger partial charge in [0.15, 0.2) is 0 Å². The summed E-state index contributed by atoms with van der Waals surface area (Å²) in [6.45, 7) is 9.80. The maximum absolute atomic E-state index is 12.9. The number of nitrogens with zero attached hydrogens (tertiary/aromatic N) is 6. The molecule has 3 aliphatic rings. The molecule has 5 rings (SSSR count). The van der Waals surface area contributed by atoms with E-state index in [9.17, 15) is 4.79 Å². The van der Waals surface area contributed by atoms with Crippen molar-refractivity contribution in [1.82, 2.24) is 20.2 Å². The average Bonchev–Trinajstić information content (AvgIpc) is 3.41. The lowest BCUT2D eigenvalue weighted by molar-refractivity contribution is -0.146. The molecule has 2 aromatic rings. The Kier molecular flexibility index (Phi) is 5.43. The van der Waals surface area contributed by atoms with Gasteiger partial charge < -0.3 is 24.2 Å². The summed E-state index contributed by atoms with van der Waals surface area (Å²) in [6, 6.07) is 4.38. The zero-order valence-corrected chi connectivity index (χ0v) is 19.9. The number of morpholine rings is 1. The number of ether oxygens (including phenoxy) is 2. The Hall–Kier alpha value is -2.88. The first-order valence-electron chi connectivity index (χ1n) is 11.7. The van der Waals surface area contributed by atoms with E-state index in [4.69, 9.17) is 19.4 Å². The van der Waals surface area contributed by atoms with Gasteiger partial charge in [-0.15, -0.1) is 0 Å². The van der Waals surface area contributed by atoms with Crippen LogP contribution in [-0.4, -0.2) is 77.7 Å². The smallest absolute Gasteiger partial charge is 0.331 e. The first-order valence-corrected chi connectivity index (χ1v) is 11.7. The minimum Gasteiger partial charge on any atom is -0.467 e. The quantitative estimate of drug-likeness (QED) is 0.659. The highest BCUT2D eigenvalue weighted by atomic mass is 16.5. The highest BCUT2D eigenvalue weighted by Crippen LogP contribution is 2.45. The third kappa shape index (κ3) is 4.12. The zero-order chi connectivity index (χ0) is 23.2. The standard InChI is InChI=1S/C23H33N7O3/c1-22(2)14-23(3,20(31)32-4)29(15-22)21-25-18(28-9-11-33-12-10-28)13-19(26-21)30(16-5-6-16)17-7-8-24-27-17/h7-8,13,16H,5-6,9-12,14-15H2,1-4H3,(H,24,27). The second kappa shape index (κ2) is 8.16. The van der Waals surface area contributed by atoms with Crippen LogP contribution in [-0.2, 0) is 14.3 Å². The van der Waals surface area contributed by atoms with E-state index in [0.717, 1.165) is 43.4 Å². The Morgan fingerprint density at radius 2 is 2.00 bits per heavy atom. The second-order valence-electron chi connectivity index (χ2n) is 10.2. The second-order valence-corrected chi connectivity index (χ2v) is 10.2. The molecule has 33 heavy (non-hydrogen) atoms. The fourth-order valence-electron chi connectivity index (χ4n) is 5.21. The number of esters is 1. The van der Waals surface area contributed by atoms with Crippen molar-refractivity contribution in [3.05, 3.63) is 18.3 Å². The summed E-state index contributed by atoms with van der Waals surface area (Å²) in [7, 11) is 1.45. The van der Waals surface area contributed by atoms with E-state index in [0.29, 0.717) is 38.2 Å². The van der Waals surface area contributed by atoms with Crippen molar-refractivity contribution in [1.29, 1.82) is 0 Å². The average molecular weight is 456 g/mol. The Morgan fingerprint density at radius 3 is 2.64 bits per heavy atom. The van der Waals surface area contributed by atoms with Crippen molar-refractivity contribution in [3.8, 4) is 0 Å². The lowest BCUT2D eigenvalue weighted by Crippen LogP contribution is -2.49. The van der Waals surface area contributed by atoms with Gasteiger partial charge in [-0.25, -0.2) is 4.79 Å². The predicted octanol–water partition coefficient (Wildman–Crippen LogP) is 2.50. The van der Waals surface area contributed by atoms with Crippen molar-refractivity contribution in [2.24, 2.45) is 5.41 Å². The normalized spacial score (nSPS) is 24.7. The molecule has 2 saturated heterocycles. The molecule has 1 aliphatic carbocycles. The molecule has 3 fully saturated rings. The highest BCUT2D eigenvalue weighted by Gasteiger charge is 2.53. The van der Waals surface area contributed by atoms with Crippen LogP contribution in [0.3, 0.4) is 0 Å². The Bertz CT molecular complexity index is 1000.